The monoisotopic (exact) mass is 303 g/mol. The fraction of sp³-hybridized carbons (Fsp3) is 0.231. The van der Waals surface area contributed by atoms with Crippen molar-refractivity contribution in [1.82, 2.24) is 19.7 Å². The van der Waals surface area contributed by atoms with Gasteiger partial charge in [0.1, 0.15) is 11.3 Å². The largest absolute Gasteiger partial charge is 0.446 e. The summed E-state index contributed by atoms with van der Waals surface area (Å²) < 4.78 is 6.59. The lowest BCUT2D eigenvalue weighted by molar-refractivity contribution is 0.0824. The Bertz CT molecular complexity index is 896. The molecular formula is C13H13N5O4. The van der Waals surface area contributed by atoms with Crippen molar-refractivity contribution in [2.24, 2.45) is 7.05 Å². The number of carbonyl (C=O) groups is 1. The molecule has 0 aromatic carbocycles. The van der Waals surface area contributed by atoms with E-state index in [-0.39, 0.29) is 28.7 Å². The second-order valence-electron chi connectivity index (χ2n) is 5.00. The van der Waals surface area contributed by atoms with Crippen LogP contribution < -0.4 is 21.2 Å². The number of fused-ring (bicyclic) bond motifs is 2. The number of aromatic amines is 1. The van der Waals surface area contributed by atoms with Crippen molar-refractivity contribution in [3.05, 3.63) is 38.7 Å². The highest BCUT2D eigenvalue weighted by molar-refractivity contribution is 5.99. The van der Waals surface area contributed by atoms with Crippen LogP contribution in [0.1, 0.15) is 10.4 Å². The lowest BCUT2D eigenvalue weighted by Gasteiger charge is -2.23. The molecule has 114 valence electrons. The number of nitrogens with one attached hydrogen (secondary N) is 2. The molecule has 9 nitrogen and oxygen atoms in total. The number of anilines is 2. The van der Waals surface area contributed by atoms with Crippen molar-refractivity contribution in [2.75, 3.05) is 19.4 Å². The summed E-state index contributed by atoms with van der Waals surface area (Å²) in [6.45, 7) is 0. The van der Waals surface area contributed by atoms with Crippen molar-refractivity contribution >= 4 is 17.3 Å². The van der Waals surface area contributed by atoms with Crippen LogP contribution in [0.4, 0.5) is 11.4 Å². The van der Waals surface area contributed by atoms with Crippen LogP contribution >= 0.6 is 0 Å². The van der Waals surface area contributed by atoms with Gasteiger partial charge < -0.3 is 15.0 Å². The maximum absolute atomic E-state index is 12.2. The molecule has 0 bridgehead atoms. The molecule has 0 fully saturated rings. The van der Waals surface area contributed by atoms with E-state index >= 15 is 0 Å². The second-order valence-corrected chi connectivity index (χ2v) is 5.00. The SMILES string of the molecule is CN(C)C(=O)c1cncc2c1Oc1c(c(=O)n(C)[nH]c1=O)N2. The first kappa shape index (κ1) is 13.9. The van der Waals surface area contributed by atoms with Crippen molar-refractivity contribution in [1.29, 1.82) is 0 Å². The molecule has 3 rings (SSSR count). The highest BCUT2D eigenvalue weighted by Crippen LogP contribution is 2.39. The van der Waals surface area contributed by atoms with Gasteiger partial charge in [0, 0.05) is 27.3 Å². The van der Waals surface area contributed by atoms with Gasteiger partial charge in [0.05, 0.1) is 6.20 Å². The zero-order valence-corrected chi connectivity index (χ0v) is 12.1. The number of aromatic nitrogens is 3. The van der Waals surface area contributed by atoms with E-state index in [1.165, 1.54) is 24.3 Å². The molecule has 0 atom stereocenters. The molecule has 2 aromatic heterocycles. The Morgan fingerprint density at radius 2 is 2.00 bits per heavy atom. The van der Waals surface area contributed by atoms with E-state index in [1.807, 2.05) is 0 Å². The Kier molecular flexibility index (Phi) is 2.98. The molecule has 2 aromatic rings. The molecule has 22 heavy (non-hydrogen) atoms. The predicted molar refractivity (Wildman–Crippen MR) is 77.9 cm³/mol. The minimum atomic E-state index is -0.574. The molecule has 0 saturated heterocycles. The van der Waals surface area contributed by atoms with Crippen LogP contribution in [0.3, 0.4) is 0 Å². The smallest absolute Gasteiger partial charge is 0.308 e. The number of H-pyrrole nitrogens is 1. The number of ether oxygens (including phenoxy) is 1. The quantitative estimate of drug-likeness (QED) is 0.656. The molecule has 1 amide bonds. The molecular weight excluding hydrogens is 290 g/mol. The highest BCUT2D eigenvalue weighted by atomic mass is 16.5. The molecule has 0 unspecified atom stereocenters. The van der Waals surface area contributed by atoms with E-state index in [0.717, 1.165) is 4.68 Å². The maximum atomic E-state index is 12.2. The molecule has 9 heteroatoms. The fourth-order valence-corrected chi connectivity index (χ4v) is 2.12. The number of hydrogen-bond donors (Lipinski definition) is 2. The molecule has 1 aliphatic rings. The number of carbonyl (C=O) groups excluding carboxylic acids is 1. The van der Waals surface area contributed by atoms with E-state index < -0.39 is 11.1 Å². The summed E-state index contributed by atoms with van der Waals surface area (Å²) in [4.78, 5) is 41.5. The zero-order chi connectivity index (χ0) is 16.0. The van der Waals surface area contributed by atoms with Gasteiger partial charge in [-0.25, -0.2) is 0 Å². The predicted octanol–water partition coefficient (Wildman–Crippen LogP) is 0.0197. The molecule has 3 heterocycles. The summed E-state index contributed by atoms with van der Waals surface area (Å²) in [7, 11) is 4.61. The maximum Gasteiger partial charge on any atom is 0.308 e. The van der Waals surface area contributed by atoms with E-state index in [9.17, 15) is 14.4 Å². The van der Waals surface area contributed by atoms with Crippen molar-refractivity contribution in [2.45, 2.75) is 0 Å². The third kappa shape index (κ3) is 1.94. The van der Waals surface area contributed by atoms with Crippen molar-refractivity contribution < 1.29 is 9.53 Å². The lowest BCUT2D eigenvalue weighted by atomic mass is 10.2. The molecule has 0 aliphatic carbocycles. The zero-order valence-electron chi connectivity index (χ0n) is 12.1. The molecule has 0 saturated carbocycles. The van der Waals surface area contributed by atoms with Crippen LogP contribution in [0.5, 0.6) is 11.5 Å². The summed E-state index contributed by atoms with van der Waals surface area (Å²) in [5, 5.41) is 5.15. The molecule has 0 spiro atoms. The van der Waals surface area contributed by atoms with Crippen LogP contribution in [0.15, 0.2) is 22.0 Å². The van der Waals surface area contributed by atoms with Crippen LogP contribution in [-0.4, -0.2) is 39.7 Å². The Balaban J connectivity index is 2.20. The van der Waals surface area contributed by atoms with Crippen LogP contribution in [-0.2, 0) is 7.05 Å². The van der Waals surface area contributed by atoms with Crippen LogP contribution in [0.2, 0.25) is 0 Å². The Hall–Kier alpha value is -3.10. The van der Waals surface area contributed by atoms with E-state index in [4.69, 9.17) is 4.74 Å². The topological polar surface area (TPSA) is 109 Å². The summed E-state index contributed by atoms with van der Waals surface area (Å²) >= 11 is 0. The van der Waals surface area contributed by atoms with Gasteiger partial charge in [0.2, 0.25) is 5.75 Å². The average Bonchev–Trinajstić information content (AvgIpc) is 2.50. The third-order valence-electron chi connectivity index (χ3n) is 3.22. The standard InChI is InChI=1S/C13H13N5O4/c1-17(2)12(20)6-4-14-5-7-9(6)22-10-8(15-7)13(21)18(3)16-11(10)19/h4-5,15H,1-3H3,(H,16,19). The van der Waals surface area contributed by atoms with Gasteiger partial charge in [0.15, 0.2) is 11.4 Å². The number of rotatable bonds is 1. The Morgan fingerprint density at radius 1 is 1.27 bits per heavy atom. The Labute approximate surface area is 124 Å². The molecule has 2 N–H and O–H groups in total. The normalized spacial score (nSPS) is 11.8. The van der Waals surface area contributed by atoms with Crippen molar-refractivity contribution in [3.63, 3.8) is 0 Å². The minimum absolute atomic E-state index is 0.00926. The summed E-state index contributed by atoms with van der Waals surface area (Å²) in [5.74, 6) is -0.329. The first-order chi connectivity index (χ1) is 10.4. The highest BCUT2D eigenvalue weighted by Gasteiger charge is 2.28. The van der Waals surface area contributed by atoms with Gasteiger partial charge in [0.25, 0.3) is 11.5 Å². The third-order valence-corrected chi connectivity index (χ3v) is 3.22. The minimum Gasteiger partial charge on any atom is -0.446 e. The van der Waals surface area contributed by atoms with Gasteiger partial charge in [-0.2, -0.15) is 0 Å². The van der Waals surface area contributed by atoms with E-state index in [2.05, 4.69) is 15.4 Å². The van der Waals surface area contributed by atoms with Crippen LogP contribution in [0, 0.1) is 0 Å². The summed E-state index contributed by atoms with van der Waals surface area (Å²) in [6, 6.07) is 0. The average molecular weight is 303 g/mol. The number of amides is 1. The number of nitrogens with zero attached hydrogens (tertiary/aromatic N) is 3. The fourth-order valence-electron chi connectivity index (χ4n) is 2.12. The van der Waals surface area contributed by atoms with Gasteiger partial charge in [-0.1, -0.05) is 0 Å². The van der Waals surface area contributed by atoms with Crippen LogP contribution in [0.25, 0.3) is 0 Å². The van der Waals surface area contributed by atoms with Crippen molar-refractivity contribution in [3.8, 4) is 11.5 Å². The summed E-state index contributed by atoms with van der Waals surface area (Å²) in [5.41, 5.74) is -0.474. The van der Waals surface area contributed by atoms with Gasteiger partial charge >= 0.3 is 5.56 Å². The lowest BCUT2D eigenvalue weighted by Crippen LogP contribution is -2.32. The number of pyridine rings is 1. The molecule has 0 radical (unpaired) electrons. The van der Waals surface area contributed by atoms with Gasteiger partial charge in [-0.15, -0.1) is 0 Å². The molecule has 1 aliphatic heterocycles. The van der Waals surface area contributed by atoms with E-state index in [1.54, 1.807) is 14.1 Å². The Morgan fingerprint density at radius 3 is 2.68 bits per heavy atom. The van der Waals surface area contributed by atoms with Gasteiger partial charge in [-0.05, 0) is 0 Å². The number of hydrogen-bond acceptors (Lipinski definition) is 6. The first-order valence-electron chi connectivity index (χ1n) is 6.38. The first-order valence-corrected chi connectivity index (χ1v) is 6.38. The van der Waals surface area contributed by atoms with E-state index in [0.29, 0.717) is 5.69 Å². The summed E-state index contributed by atoms with van der Waals surface area (Å²) in [6.07, 6.45) is 2.77. The number of aryl methyl sites for hydroxylation is 1. The van der Waals surface area contributed by atoms with Gasteiger partial charge in [-0.3, -0.25) is 29.1 Å². The second kappa shape index (κ2) is 4.72.